The molecule has 0 atom stereocenters. The molecule has 0 spiro atoms. The quantitative estimate of drug-likeness (QED) is 0.808. The average molecular weight is 247 g/mol. The molecule has 2 nitrogen and oxygen atoms in total. The van der Waals surface area contributed by atoms with Crippen LogP contribution in [0.5, 0.6) is 0 Å². The SMILES string of the molecule is Cc1cc(C(N)=O)c(C(C)(C)C)c(C(C)(C)C)c1. The summed E-state index contributed by atoms with van der Waals surface area (Å²) in [4.78, 5) is 11.7. The number of primary amides is 1. The van der Waals surface area contributed by atoms with E-state index < -0.39 is 0 Å². The highest BCUT2D eigenvalue weighted by molar-refractivity contribution is 5.95. The van der Waals surface area contributed by atoms with Crippen LogP contribution in [0.15, 0.2) is 12.1 Å². The van der Waals surface area contributed by atoms with Crippen molar-refractivity contribution in [3.8, 4) is 0 Å². The number of hydrogen-bond donors (Lipinski definition) is 1. The molecule has 1 rings (SSSR count). The van der Waals surface area contributed by atoms with Crippen molar-refractivity contribution in [2.24, 2.45) is 5.73 Å². The van der Waals surface area contributed by atoms with Crippen molar-refractivity contribution in [3.05, 3.63) is 34.4 Å². The summed E-state index contributed by atoms with van der Waals surface area (Å²) in [5.74, 6) is -0.339. The van der Waals surface area contributed by atoms with Crippen molar-refractivity contribution in [1.29, 1.82) is 0 Å². The van der Waals surface area contributed by atoms with Crippen LogP contribution in [0.25, 0.3) is 0 Å². The van der Waals surface area contributed by atoms with E-state index in [1.807, 2.05) is 13.0 Å². The topological polar surface area (TPSA) is 43.1 Å². The van der Waals surface area contributed by atoms with Gasteiger partial charge in [-0.05, 0) is 34.9 Å². The van der Waals surface area contributed by atoms with Gasteiger partial charge in [-0.2, -0.15) is 0 Å². The van der Waals surface area contributed by atoms with Crippen molar-refractivity contribution < 1.29 is 4.79 Å². The van der Waals surface area contributed by atoms with Gasteiger partial charge in [0, 0.05) is 5.56 Å². The highest BCUT2D eigenvalue weighted by Gasteiger charge is 2.29. The number of carbonyl (C=O) groups excluding carboxylic acids is 1. The summed E-state index contributed by atoms with van der Waals surface area (Å²) in [6, 6.07) is 4.07. The molecule has 0 aromatic heterocycles. The standard InChI is InChI=1S/C16H25NO/c1-10-8-11(14(17)18)13(16(5,6)7)12(9-10)15(2,3)4/h8-9H,1-7H3,(H2,17,18). The van der Waals surface area contributed by atoms with Gasteiger partial charge in [0.05, 0.1) is 0 Å². The maximum absolute atomic E-state index is 11.7. The monoisotopic (exact) mass is 247 g/mol. The van der Waals surface area contributed by atoms with Crippen LogP contribution >= 0.6 is 0 Å². The minimum Gasteiger partial charge on any atom is -0.366 e. The first-order valence-electron chi connectivity index (χ1n) is 6.40. The zero-order valence-electron chi connectivity index (χ0n) is 12.6. The molecule has 0 saturated carbocycles. The van der Waals surface area contributed by atoms with Gasteiger partial charge in [-0.3, -0.25) is 4.79 Å². The number of aryl methyl sites for hydroxylation is 1. The molecule has 100 valence electrons. The van der Waals surface area contributed by atoms with Gasteiger partial charge in [-0.1, -0.05) is 53.2 Å². The molecule has 0 aliphatic rings. The minimum absolute atomic E-state index is 0.00116. The van der Waals surface area contributed by atoms with E-state index in [0.717, 1.165) is 11.1 Å². The van der Waals surface area contributed by atoms with Crippen molar-refractivity contribution >= 4 is 5.91 Å². The molecular formula is C16H25NO. The average Bonchev–Trinajstić information content (AvgIpc) is 2.12. The summed E-state index contributed by atoms with van der Waals surface area (Å²) < 4.78 is 0. The van der Waals surface area contributed by atoms with Crippen molar-refractivity contribution in [2.45, 2.75) is 59.3 Å². The molecule has 18 heavy (non-hydrogen) atoms. The van der Waals surface area contributed by atoms with E-state index in [9.17, 15) is 4.79 Å². The second-order valence-corrected chi connectivity index (χ2v) is 7.10. The van der Waals surface area contributed by atoms with Crippen molar-refractivity contribution in [3.63, 3.8) is 0 Å². The van der Waals surface area contributed by atoms with Crippen LogP contribution in [0.3, 0.4) is 0 Å². The lowest BCUT2D eigenvalue weighted by Gasteiger charge is -2.32. The molecule has 1 amide bonds. The highest BCUT2D eigenvalue weighted by Crippen LogP contribution is 2.36. The Morgan fingerprint density at radius 3 is 1.83 bits per heavy atom. The number of carbonyl (C=O) groups is 1. The summed E-state index contributed by atoms with van der Waals surface area (Å²) in [6.45, 7) is 14.9. The molecule has 2 heteroatoms. The van der Waals surface area contributed by atoms with Crippen LogP contribution < -0.4 is 5.73 Å². The summed E-state index contributed by atoms with van der Waals surface area (Å²) in [5.41, 5.74) is 9.49. The molecule has 0 fully saturated rings. The first-order chi connectivity index (χ1) is 7.94. The van der Waals surface area contributed by atoms with E-state index in [2.05, 4.69) is 47.6 Å². The molecule has 0 bridgehead atoms. The van der Waals surface area contributed by atoms with Gasteiger partial charge < -0.3 is 5.73 Å². The van der Waals surface area contributed by atoms with Crippen LogP contribution in [-0.2, 0) is 10.8 Å². The van der Waals surface area contributed by atoms with Gasteiger partial charge >= 0.3 is 0 Å². The van der Waals surface area contributed by atoms with E-state index in [1.54, 1.807) is 0 Å². The van der Waals surface area contributed by atoms with Crippen molar-refractivity contribution in [1.82, 2.24) is 0 Å². The lowest BCUT2D eigenvalue weighted by Crippen LogP contribution is -2.27. The Bertz CT molecular complexity index is 473. The summed E-state index contributed by atoms with van der Waals surface area (Å²) >= 11 is 0. The Balaban J connectivity index is 3.76. The Kier molecular flexibility index (Phi) is 3.62. The molecule has 0 aliphatic heterocycles. The number of nitrogens with two attached hydrogens (primary N) is 1. The smallest absolute Gasteiger partial charge is 0.249 e. The Morgan fingerprint density at radius 1 is 1.00 bits per heavy atom. The fraction of sp³-hybridized carbons (Fsp3) is 0.562. The van der Waals surface area contributed by atoms with Gasteiger partial charge in [0.2, 0.25) is 5.91 Å². The first-order valence-corrected chi connectivity index (χ1v) is 6.40. The third kappa shape index (κ3) is 2.92. The van der Waals surface area contributed by atoms with Crippen LogP contribution in [0, 0.1) is 6.92 Å². The molecule has 0 saturated heterocycles. The number of amides is 1. The lowest BCUT2D eigenvalue weighted by molar-refractivity contribution is 0.0998. The molecule has 0 aliphatic carbocycles. The molecule has 1 aromatic carbocycles. The van der Waals surface area contributed by atoms with Crippen molar-refractivity contribution in [2.75, 3.05) is 0 Å². The van der Waals surface area contributed by atoms with Gasteiger partial charge in [0.25, 0.3) is 0 Å². The fourth-order valence-corrected chi connectivity index (χ4v) is 2.38. The minimum atomic E-state index is -0.339. The Morgan fingerprint density at radius 2 is 1.50 bits per heavy atom. The van der Waals surface area contributed by atoms with Crippen LogP contribution in [0.1, 0.15) is 68.6 Å². The van der Waals surface area contributed by atoms with Gasteiger partial charge in [0.1, 0.15) is 0 Å². The zero-order chi connectivity index (χ0) is 14.3. The van der Waals surface area contributed by atoms with Crippen LogP contribution in [-0.4, -0.2) is 5.91 Å². The van der Waals surface area contributed by atoms with E-state index in [4.69, 9.17) is 5.73 Å². The van der Waals surface area contributed by atoms with Crippen LogP contribution in [0.2, 0.25) is 0 Å². The maximum atomic E-state index is 11.7. The first kappa shape index (κ1) is 14.7. The van der Waals surface area contributed by atoms with Gasteiger partial charge in [-0.15, -0.1) is 0 Å². The van der Waals surface area contributed by atoms with E-state index in [-0.39, 0.29) is 16.7 Å². The highest BCUT2D eigenvalue weighted by atomic mass is 16.1. The lowest BCUT2D eigenvalue weighted by atomic mass is 9.72. The van der Waals surface area contributed by atoms with Crippen LogP contribution in [0.4, 0.5) is 0 Å². The molecule has 0 heterocycles. The normalized spacial score (nSPS) is 12.6. The fourth-order valence-electron chi connectivity index (χ4n) is 2.38. The Hall–Kier alpha value is -1.31. The largest absolute Gasteiger partial charge is 0.366 e. The second-order valence-electron chi connectivity index (χ2n) is 7.10. The van der Waals surface area contributed by atoms with E-state index >= 15 is 0 Å². The number of benzene rings is 1. The number of hydrogen-bond acceptors (Lipinski definition) is 1. The second kappa shape index (κ2) is 4.42. The van der Waals surface area contributed by atoms with Gasteiger partial charge in [-0.25, -0.2) is 0 Å². The third-order valence-electron chi connectivity index (χ3n) is 3.11. The summed E-state index contributed by atoms with van der Waals surface area (Å²) in [6.07, 6.45) is 0. The maximum Gasteiger partial charge on any atom is 0.249 e. The molecule has 0 radical (unpaired) electrons. The summed E-state index contributed by atoms with van der Waals surface area (Å²) in [7, 11) is 0. The molecular weight excluding hydrogens is 222 g/mol. The predicted octanol–water partition coefficient (Wildman–Crippen LogP) is 3.69. The molecule has 2 N–H and O–H groups in total. The van der Waals surface area contributed by atoms with E-state index in [1.165, 1.54) is 5.56 Å². The van der Waals surface area contributed by atoms with E-state index in [0.29, 0.717) is 5.56 Å². The Labute approximate surface area is 111 Å². The molecule has 0 unspecified atom stereocenters. The number of rotatable bonds is 1. The molecule has 1 aromatic rings. The summed E-state index contributed by atoms with van der Waals surface area (Å²) in [5, 5.41) is 0. The zero-order valence-corrected chi connectivity index (χ0v) is 12.6. The predicted molar refractivity (Wildman–Crippen MR) is 77.1 cm³/mol. The third-order valence-corrected chi connectivity index (χ3v) is 3.11. The van der Waals surface area contributed by atoms with Gasteiger partial charge in [0.15, 0.2) is 0 Å².